The number of benzene rings is 3. The average molecular weight is 455 g/mol. The molecule has 1 saturated heterocycles. The van der Waals surface area contributed by atoms with Crippen molar-refractivity contribution in [1.29, 1.82) is 5.26 Å². The van der Waals surface area contributed by atoms with Gasteiger partial charge in [0, 0.05) is 10.4 Å². The molecule has 7 rings (SSSR count). The summed E-state index contributed by atoms with van der Waals surface area (Å²) < 4.78 is 0.679. The van der Waals surface area contributed by atoms with Crippen LogP contribution in [0.4, 0.5) is 5.69 Å². The Balaban J connectivity index is 1.67. The molecule has 2 atom stereocenters. The maximum atomic E-state index is 13.8. The van der Waals surface area contributed by atoms with Crippen LogP contribution in [0.15, 0.2) is 77.3 Å². The van der Waals surface area contributed by atoms with E-state index in [1.165, 1.54) is 4.90 Å². The van der Waals surface area contributed by atoms with Gasteiger partial charge in [0.1, 0.15) is 5.41 Å². The van der Waals surface area contributed by atoms with Gasteiger partial charge in [0.2, 0.25) is 11.8 Å². The molecule has 144 valence electrons. The monoisotopic (exact) mass is 454 g/mol. The van der Waals surface area contributed by atoms with Gasteiger partial charge >= 0.3 is 0 Å². The molecular weight excluding hydrogens is 440 g/mol. The van der Waals surface area contributed by atoms with Gasteiger partial charge in [-0.2, -0.15) is 5.26 Å². The topological polar surface area (TPSA) is 61.2 Å². The van der Waals surface area contributed by atoms with Crippen LogP contribution in [0.1, 0.15) is 28.2 Å². The number of halogens is 1. The average Bonchev–Trinajstić information content (AvgIpc) is 3.05. The number of hydrogen-bond donors (Lipinski definition) is 0. The molecule has 2 unspecified atom stereocenters. The molecule has 0 spiro atoms. The number of anilines is 1. The van der Waals surface area contributed by atoms with Crippen LogP contribution in [0.2, 0.25) is 0 Å². The van der Waals surface area contributed by atoms with Gasteiger partial charge in [0.05, 0.1) is 23.6 Å². The van der Waals surface area contributed by atoms with Crippen molar-refractivity contribution in [2.24, 2.45) is 11.8 Å². The van der Waals surface area contributed by atoms with Gasteiger partial charge in [-0.3, -0.25) is 9.59 Å². The van der Waals surface area contributed by atoms with E-state index in [4.69, 9.17) is 0 Å². The fraction of sp³-hybridized carbons (Fsp3) is 0.160. The molecule has 0 aromatic heterocycles. The van der Waals surface area contributed by atoms with E-state index in [2.05, 4.69) is 22.0 Å². The number of carbonyl (C=O) groups is 2. The third kappa shape index (κ3) is 1.86. The van der Waals surface area contributed by atoms with E-state index in [0.717, 1.165) is 22.3 Å². The lowest BCUT2D eigenvalue weighted by Gasteiger charge is -2.50. The molecule has 5 heteroatoms. The molecule has 3 aromatic carbocycles. The van der Waals surface area contributed by atoms with E-state index in [0.29, 0.717) is 10.2 Å². The Hall–Kier alpha value is -3.23. The van der Waals surface area contributed by atoms with Crippen LogP contribution < -0.4 is 4.90 Å². The number of rotatable bonds is 1. The predicted octanol–water partition coefficient (Wildman–Crippen LogP) is 4.52. The first-order valence-electron chi connectivity index (χ1n) is 9.83. The normalized spacial score (nSPS) is 28.0. The molecule has 0 saturated carbocycles. The summed E-state index contributed by atoms with van der Waals surface area (Å²) in [5, 5.41) is 10.6. The molecular formula is C25H15BrN2O2. The SMILES string of the molecule is N#CC12c3ccccc3C(c3ccccc31)C1C(=O)N(c3ccccc3Br)C(=O)C12. The van der Waals surface area contributed by atoms with E-state index < -0.39 is 17.3 Å². The summed E-state index contributed by atoms with van der Waals surface area (Å²) in [6, 6.07) is 25.3. The van der Waals surface area contributed by atoms with Crippen LogP contribution in [-0.4, -0.2) is 11.8 Å². The van der Waals surface area contributed by atoms with E-state index in [1.807, 2.05) is 60.7 Å². The summed E-state index contributed by atoms with van der Waals surface area (Å²) in [4.78, 5) is 28.8. The molecule has 2 amide bonds. The smallest absolute Gasteiger partial charge is 0.240 e. The van der Waals surface area contributed by atoms with Crippen molar-refractivity contribution in [3.05, 3.63) is 99.5 Å². The van der Waals surface area contributed by atoms with Crippen molar-refractivity contribution in [2.45, 2.75) is 11.3 Å². The molecule has 3 aliphatic carbocycles. The van der Waals surface area contributed by atoms with Crippen LogP contribution >= 0.6 is 15.9 Å². The first-order valence-corrected chi connectivity index (χ1v) is 10.6. The van der Waals surface area contributed by atoms with Gasteiger partial charge in [0.25, 0.3) is 0 Å². The summed E-state index contributed by atoms with van der Waals surface area (Å²) >= 11 is 3.48. The van der Waals surface area contributed by atoms with E-state index in [1.54, 1.807) is 12.1 Å². The standard InChI is InChI=1S/C25H15BrN2O2/c26-18-11-5-6-12-19(18)28-23(29)21-20-14-7-1-3-9-16(14)25(13-27,22(21)24(28)30)17-10-4-2-8-15(17)20/h1-12,20-22H. The minimum atomic E-state index is -1.17. The quantitative estimate of drug-likeness (QED) is 0.507. The van der Waals surface area contributed by atoms with Crippen LogP contribution in [-0.2, 0) is 15.0 Å². The Labute approximate surface area is 181 Å². The van der Waals surface area contributed by atoms with Crippen molar-refractivity contribution < 1.29 is 9.59 Å². The maximum absolute atomic E-state index is 13.8. The number of para-hydroxylation sites is 1. The number of nitriles is 1. The van der Waals surface area contributed by atoms with E-state index >= 15 is 0 Å². The van der Waals surface area contributed by atoms with Crippen LogP contribution in [0.3, 0.4) is 0 Å². The highest BCUT2D eigenvalue weighted by atomic mass is 79.9. The van der Waals surface area contributed by atoms with Crippen molar-refractivity contribution >= 4 is 33.4 Å². The maximum Gasteiger partial charge on any atom is 0.240 e. The van der Waals surface area contributed by atoms with Crippen molar-refractivity contribution in [3.8, 4) is 6.07 Å². The number of imide groups is 1. The third-order valence-electron chi connectivity index (χ3n) is 6.89. The Morgan fingerprint density at radius 1 is 0.833 bits per heavy atom. The molecule has 2 bridgehead atoms. The fourth-order valence-corrected chi connectivity index (χ4v) is 6.29. The number of carbonyl (C=O) groups excluding carboxylic acids is 2. The van der Waals surface area contributed by atoms with Crippen LogP contribution in [0.25, 0.3) is 0 Å². The molecule has 4 aliphatic rings. The molecule has 30 heavy (non-hydrogen) atoms. The Bertz CT molecular complexity index is 1260. The molecule has 1 fully saturated rings. The second kappa shape index (κ2) is 5.90. The highest BCUT2D eigenvalue weighted by Gasteiger charge is 2.68. The molecule has 4 nitrogen and oxygen atoms in total. The van der Waals surface area contributed by atoms with Crippen molar-refractivity contribution in [3.63, 3.8) is 0 Å². The Morgan fingerprint density at radius 2 is 1.40 bits per heavy atom. The highest BCUT2D eigenvalue weighted by Crippen LogP contribution is 2.64. The van der Waals surface area contributed by atoms with Gasteiger partial charge in [-0.25, -0.2) is 4.90 Å². The van der Waals surface area contributed by atoms with Crippen molar-refractivity contribution in [1.82, 2.24) is 0 Å². The Kier molecular flexibility index (Phi) is 3.46. The Morgan fingerprint density at radius 3 is 2.00 bits per heavy atom. The summed E-state index contributed by atoms with van der Waals surface area (Å²) in [6.07, 6.45) is 0. The lowest BCUT2D eigenvalue weighted by atomic mass is 9.48. The predicted molar refractivity (Wildman–Crippen MR) is 115 cm³/mol. The summed E-state index contributed by atoms with van der Waals surface area (Å²) in [6.45, 7) is 0. The lowest BCUT2D eigenvalue weighted by molar-refractivity contribution is -0.122. The van der Waals surface area contributed by atoms with E-state index in [-0.39, 0.29) is 17.7 Å². The molecule has 0 N–H and O–H groups in total. The number of amides is 2. The summed E-state index contributed by atoms with van der Waals surface area (Å²) in [5.41, 5.74) is 3.03. The van der Waals surface area contributed by atoms with Gasteiger partial charge in [-0.15, -0.1) is 0 Å². The van der Waals surface area contributed by atoms with Gasteiger partial charge in [-0.05, 0) is 50.3 Å². The highest BCUT2D eigenvalue weighted by molar-refractivity contribution is 9.10. The fourth-order valence-electron chi connectivity index (χ4n) is 5.83. The van der Waals surface area contributed by atoms with Gasteiger partial charge in [0.15, 0.2) is 0 Å². The van der Waals surface area contributed by atoms with Crippen LogP contribution in [0, 0.1) is 23.2 Å². The first kappa shape index (κ1) is 17.6. The largest absolute Gasteiger partial charge is 0.274 e. The minimum Gasteiger partial charge on any atom is -0.274 e. The lowest BCUT2D eigenvalue weighted by Crippen LogP contribution is -2.52. The van der Waals surface area contributed by atoms with E-state index in [9.17, 15) is 14.9 Å². The second-order valence-electron chi connectivity index (χ2n) is 8.04. The zero-order valence-corrected chi connectivity index (χ0v) is 17.3. The van der Waals surface area contributed by atoms with Crippen LogP contribution in [0.5, 0.6) is 0 Å². The number of hydrogen-bond acceptors (Lipinski definition) is 3. The van der Waals surface area contributed by atoms with Gasteiger partial charge in [-0.1, -0.05) is 60.7 Å². The molecule has 0 radical (unpaired) electrons. The molecule has 3 aromatic rings. The van der Waals surface area contributed by atoms with Gasteiger partial charge < -0.3 is 0 Å². The summed E-state index contributed by atoms with van der Waals surface area (Å²) in [5.74, 6) is -2.09. The zero-order chi connectivity index (χ0) is 20.6. The number of nitrogens with zero attached hydrogens (tertiary/aromatic N) is 2. The zero-order valence-electron chi connectivity index (χ0n) is 15.7. The first-order chi connectivity index (χ1) is 14.6. The minimum absolute atomic E-state index is 0.231. The molecule has 1 aliphatic heterocycles. The second-order valence-corrected chi connectivity index (χ2v) is 8.89. The summed E-state index contributed by atoms with van der Waals surface area (Å²) in [7, 11) is 0. The third-order valence-corrected chi connectivity index (χ3v) is 7.56. The molecule has 1 heterocycles. The van der Waals surface area contributed by atoms with Crippen molar-refractivity contribution in [2.75, 3.05) is 4.90 Å².